The Bertz CT molecular complexity index is 1660. The third-order valence-corrected chi connectivity index (χ3v) is 10.4. The lowest BCUT2D eigenvalue weighted by Crippen LogP contribution is -2.66. The Morgan fingerprint density at radius 3 is 2.15 bits per heavy atom. The average molecular weight is 655 g/mol. The van der Waals surface area contributed by atoms with Crippen molar-refractivity contribution < 1.29 is 23.9 Å². The average Bonchev–Trinajstić information content (AvgIpc) is 3.37. The molecule has 1 saturated carbocycles. The van der Waals surface area contributed by atoms with Crippen LogP contribution in [-0.4, -0.2) is 88.1 Å². The van der Waals surface area contributed by atoms with Gasteiger partial charge in [0.15, 0.2) is 0 Å². The van der Waals surface area contributed by atoms with Crippen molar-refractivity contribution in [1.82, 2.24) is 30.2 Å². The van der Waals surface area contributed by atoms with E-state index in [4.69, 9.17) is 4.74 Å². The van der Waals surface area contributed by atoms with Crippen LogP contribution in [0.15, 0.2) is 73.1 Å². The SMILES string of the molecule is CNC(=O)[C@@H](NC(=O)[C@@H]1CN(C(=O)c2cnn(Cc3ccccc3)c2)CC12CN(C(=O)[C@H]1CC1(C)C)C2)C(C)(C)OCc1ccccc1. The van der Waals surface area contributed by atoms with Gasteiger partial charge in [-0.2, -0.15) is 5.10 Å². The molecule has 3 atom stereocenters. The van der Waals surface area contributed by atoms with E-state index in [-0.39, 0.29) is 48.1 Å². The number of hydrogen-bond donors (Lipinski definition) is 2. The molecule has 3 aromatic rings. The molecule has 254 valence electrons. The van der Waals surface area contributed by atoms with Crippen LogP contribution in [0.4, 0.5) is 0 Å². The number of hydrogen-bond acceptors (Lipinski definition) is 6. The molecule has 2 aliphatic heterocycles. The molecule has 0 bridgehead atoms. The molecule has 3 aliphatic rings. The van der Waals surface area contributed by atoms with Gasteiger partial charge in [0.2, 0.25) is 17.7 Å². The third kappa shape index (κ3) is 6.74. The molecule has 1 aliphatic carbocycles. The number of carbonyl (C=O) groups is 4. The predicted molar refractivity (Wildman–Crippen MR) is 179 cm³/mol. The summed E-state index contributed by atoms with van der Waals surface area (Å²) in [6, 6.07) is 18.5. The van der Waals surface area contributed by atoms with Crippen LogP contribution in [0.25, 0.3) is 0 Å². The van der Waals surface area contributed by atoms with Crippen LogP contribution in [0.5, 0.6) is 0 Å². The van der Waals surface area contributed by atoms with Gasteiger partial charge in [0.1, 0.15) is 6.04 Å². The molecular formula is C37H46N6O5. The zero-order valence-corrected chi connectivity index (χ0v) is 28.4. The van der Waals surface area contributed by atoms with E-state index < -0.39 is 23.0 Å². The van der Waals surface area contributed by atoms with Crippen LogP contribution >= 0.6 is 0 Å². The fourth-order valence-corrected chi connectivity index (χ4v) is 7.17. The summed E-state index contributed by atoms with van der Waals surface area (Å²) in [4.78, 5) is 58.1. The van der Waals surface area contributed by atoms with Crippen molar-refractivity contribution in [2.45, 2.75) is 58.9 Å². The van der Waals surface area contributed by atoms with E-state index in [1.165, 1.54) is 7.05 Å². The highest BCUT2D eigenvalue weighted by atomic mass is 16.5. The molecule has 48 heavy (non-hydrogen) atoms. The summed E-state index contributed by atoms with van der Waals surface area (Å²) in [5.74, 6) is -1.48. The normalized spacial score (nSPS) is 21.4. The summed E-state index contributed by atoms with van der Waals surface area (Å²) in [7, 11) is 1.53. The van der Waals surface area contributed by atoms with Gasteiger partial charge in [0, 0.05) is 50.8 Å². The van der Waals surface area contributed by atoms with E-state index in [2.05, 4.69) is 29.6 Å². The Hall–Kier alpha value is -4.51. The second kappa shape index (κ2) is 12.8. The Kier molecular flexibility index (Phi) is 8.93. The number of nitrogens with one attached hydrogen (secondary N) is 2. The third-order valence-electron chi connectivity index (χ3n) is 10.4. The molecule has 11 heteroatoms. The van der Waals surface area contributed by atoms with E-state index in [9.17, 15) is 19.2 Å². The van der Waals surface area contributed by atoms with Crippen LogP contribution < -0.4 is 10.6 Å². The summed E-state index contributed by atoms with van der Waals surface area (Å²) in [5.41, 5.74) is 0.751. The zero-order valence-electron chi connectivity index (χ0n) is 28.4. The first-order valence-corrected chi connectivity index (χ1v) is 16.7. The van der Waals surface area contributed by atoms with E-state index in [0.29, 0.717) is 31.7 Å². The minimum atomic E-state index is -1.06. The molecule has 0 unspecified atom stereocenters. The minimum Gasteiger partial charge on any atom is -0.368 e. The molecule has 0 radical (unpaired) electrons. The number of amides is 4. The number of likely N-dealkylation sites (tertiary alicyclic amines) is 2. The van der Waals surface area contributed by atoms with Crippen molar-refractivity contribution in [2.24, 2.45) is 22.7 Å². The highest BCUT2D eigenvalue weighted by Crippen LogP contribution is 2.54. The van der Waals surface area contributed by atoms with Crippen LogP contribution in [0.3, 0.4) is 0 Å². The first kappa shape index (κ1) is 33.4. The van der Waals surface area contributed by atoms with Gasteiger partial charge in [-0.3, -0.25) is 23.9 Å². The first-order valence-electron chi connectivity index (χ1n) is 16.7. The van der Waals surface area contributed by atoms with E-state index in [0.717, 1.165) is 17.5 Å². The fourth-order valence-electron chi connectivity index (χ4n) is 7.17. The second-order valence-corrected chi connectivity index (χ2v) is 14.9. The molecule has 1 spiro atoms. The fraction of sp³-hybridized carbons (Fsp3) is 0.486. The van der Waals surface area contributed by atoms with Crippen molar-refractivity contribution in [3.05, 3.63) is 89.7 Å². The van der Waals surface area contributed by atoms with Gasteiger partial charge >= 0.3 is 0 Å². The minimum absolute atomic E-state index is 0.0136. The van der Waals surface area contributed by atoms with Crippen molar-refractivity contribution in [2.75, 3.05) is 33.2 Å². The summed E-state index contributed by atoms with van der Waals surface area (Å²) >= 11 is 0. The second-order valence-electron chi connectivity index (χ2n) is 14.9. The van der Waals surface area contributed by atoms with Gasteiger partial charge in [-0.25, -0.2) is 0 Å². The summed E-state index contributed by atoms with van der Waals surface area (Å²) in [5, 5.41) is 10.1. The van der Waals surface area contributed by atoms with Crippen LogP contribution in [0.1, 0.15) is 55.6 Å². The van der Waals surface area contributed by atoms with Gasteiger partial charge in [-0.15, -0.1) is 0 Å². The van der Waals surface area contributed by atoms with Crippen LogP contribution in [0, 0.1) is 22.7 Å². The Labute approximate surface area is 282 Å². The van der Waals surface area contributed by atoms with Crippen molar-refractivity contribution in [1.29, 1.82) is 0 Å². The molecular weight excluding hydrogens is 608 g/mol. The molecule has 1 aromatic heterocycles. The molecule has 2 N–H and O–H groups in total. The maximum Gasteiger partial charge on any atom is 0.257 e. The van der Waals surface area contributed by atoms with Crippen molar-refractivity contribution >= 4 is 23.6 Å². The number of ether oxygens (including phenoxy) is 1. The maximum atomic E-state index is 14.2. The Balaban J connectivity index is 1.20. The monoisotopic (exact) mass is 654 g/mol. The van der Waals surface area contributed by atoms with E-state index in [1.54, 1.807) is 35.8 Å². The largest absolute Gasteiger partial charge is 0.368 e. The predicted octanol–water partition coefficient (Wildman–Crippen LogP) is 3.10. The van der Waals surface area contributed by atoms with Gasteiger partial charge < -0.3 is 25.2 Å². The van der Waals surface area contributed by atoms with Crippen molar-refractivity contribution in [3.8, 4) is 0 Å². The lowest BCUT2D eigenvalue weighted by Gasteiger charge is -2.50. The molecule has 3 fully saturated rings. The molecule has 2 saturated heterocycles. The molecule has 11 nitrogen and oxygen atoms in total. The molecule has 2 aromatic carbocycles. The number of rotatable bonds is 11. The number of carbonyl (C=O) groups excluding carboxylic acids is 4. The standard InChI is InChI=1S/C37H46N6O5/c1-35(2)16-28(35)34(47)42-23-37(24-42)22-41(33(46)27-17-39-43(19-27)18-25-12-8-6-9-13-25)20-29(37)31(44)40-30(32(45)38-5)36(3,4)48-21-26-14-10-7-11-15-26/h6-15,17,19,28-30H,16,18,20-24H2,1-5H3,(H,38,45)(H,40,44)/t28-,29+,30-/m1/s1. The molecule has 4 amide bonds. The lowest BCUT2D eigenvalue weighted by molar-refractivity contribution is -0.153. The van der Waals surface area contributed by atoms with Gasteiger partial charge in [0.25, 0.3) is 5.91 Å². The van der Waals surface area contributed by atoms with Crippen LogP contribution in [-0.2, 0) is 32.3 Å². The smallest absolute Gasteiger partial charge is 0.257 e. The summed E-state index contributed by atoms with van der Waals surface area (Å²) < 4.78 is 7.94. The van der Waals surface area contributed by atoms with E-state index >= 15 is 0 Å². The maximum absolute atomic E-state index is 14.2. The highest BCUT2D eigenvalue weighted by molar-refractivity contribution is 5.96. The highest BCUT2D eigenvalue weighted by Gasteiger charge is 2.62. The summed E-state index contributed by atoms with van der Waals surface area (Å²) in [6.45, 7) is 9.79. The van der Waals surface area contributed by atoms with Gasteiger partial charge in [0.05, 0.1) is 36.4 Å². The zero-order chi connectivity index (χ0) is 34.3. The Morgan fingerprint density at radius 2 is 1.54 bits per heavy atom. The molecule has 6 rings (SSSR count). The Morgan fingerprint density at radius 1 is 0.938 bits per heavy atom. The van der Waals surface area contributed by atoms with Gasteiger partial charge in [-0.1, -0.05) is 74.5 Å². The van der Waals surface area contributed by atoms with Crippen LogP contribution in [0.2, 0.25) is 0 Å². The number of benzene rings is 2. The summed E-state index contributed by atoms with van der Waals surface area (Å²) in [6.07, 6.45) is 4.14. The van der Waals surface area contributed by atoms with Gasteiger partial charge in [-0.05, 0) is 36.8 Å². The molecule has 3 heterocycles. The topological polar surface area (TPSA) is 126 Å². The quantitative estimate of drug-likeness (QED) is 0.328. The lowest BCUT2D eigenvalue weighted by atomic mass is 9.70. The number of aromatic nitrogens is 2. The number of nitrogens with zero attached hydrogens (tertiary/aromatic N) is 4. The van der Waals surface area contributed by atoms with Crippen molar-refractivity contribution in [3.63, 3.8) is 0 Å². The first-order chi connectivity index (χ1) is 22.8. The number of likely N-dealkylation sites (N-methyl/N-ethyl adjacent to an activating group) is 1. The van der Waals surface area contributed by atoms with E-state index in [1.807, 2.05) is 65.6 Å².